The lowest BCUT2D eigenvalue weighted by molar-refractivity contribution is 0.0271. The van der Waals surface area contributed by atoms with Crippen molar-refractivity contribution in [1.29, 1.82) is 0 Å². The van der Waals surface area contributed by atoms with E-state index in [0.717, 1.165) is 24.2 Å². The van der Waals surface area contributed by atoms with E-state index in [1.807, 2.05) is 6.92 Å². The number of rotatable bonds is 1. The highest BCUT2D eigenvalue weighted by atomic mass is 19.1. The molecule has 1 N–H and O–H groups in total. The van der Waals surface area contributed by atoms with Gasteiger partial charge >= 0.3 is 0 Å². The molecule has 0 bridgehead atoms. The topological polar surface area (TPSA) is 21.3 Å². The maximum absolute atomic E-state index is 13.0. The Balaban J connectivity index is 2.24. The summed E-state index contributed by atoms with van der Waals surface area (Å²) in [5.41, 5.74) is 2.04. The fourth-order valence-electron chi connectivity index (χ4n) is 1.72. The number of hydrogen-bond acceptors (Lipinski definition) is 2. The van der Waals surface area contributed by atoms with E-state index < -0.39 is 0 Å². The summed E-state index contributed by atoms with van der Waals surface area (Å²) in [4.78, 5) is 0. The summed E-state index contributed by atoms with van der Waals surface area (Å²) in [7, 11) is 0. The number of benzene rings is 1. The maximum atomic E-state index is 13.0. The lowest BCUT2D eigenvalue weighted by atomic mass is 10.0. The molecule has 1 aromatic carbocycles. The molecule has 1 saturated heterocycles. The van der Waals surface area contributed by atoms with Crippen LogP contribution in [0.25, 0.3) is 0 Å². The van der Waals surface area contributed by atoms with E-state index in [-0.39, 0.29) is 11.9 Å². The average molecular weight is 195 g/mol. The van der Waals surface area contributed by atoms with Gasteiger partial charge in [-0.15, -0.1) is 0 Å². The number of morpholine rings is 1. The Bertz CT molecular complexity index is 321. The molecule has 1 aliphatic heterocycles. The maximum Gasteiger partial charge on any atom is 0.123 e. The highest BCUT2D eigenvalue weighted by molar-refractivity contribution is 5.29. The van der Waals surface area contributed by atoms with Gasteiger partial charge in [-0.25, -0.2) is 4.39 Å². The third-order valence-electron chi connectivity index (χ3n) is 2.52. The number of aryl methyl sites for hydroxylation is 1. The van der Waals surface area contributed by atoms with Crippen molar-refractivity contribution in [1.82, 2.24) is 5.32 Å². The zero-order valence-electron chi connectivity index (χ0n) is 8.22. The highest BCUT2D eigenvalue weighted by Gasteiger charge is 2.17. The Hall–Kier alpha value is -0.930. The van der Waals surface area contributed by atoms with Crippen LogP contribution in [0.2, 0.25) is 0 Å². The van der Waals surface area contributed by atoms with E-state index in [4.69, 9.17) is 4.74 Å². The lowest BCUT2D eigenvalue weighted by Crippen LogP contribution is -2.33. The molecule has 1 atom stereocenters. The second kappa shape index (κ2) is 4.07. The third kappa shape index (κ3) is 1.94. The van der Waals surface area contributed by atoms with E-state index in [9.17, 15) is 4.39 Å². The molecule has 2 rings (SSSR count). The summed E-state index contributed by atoms with van der Waals surface area (Å²) in [5.74, 6) is -0.195. The molecule has 1 heterocycles. The highest BCUT2D eigenvalue weighted by Crippen LogP contribution is 2.22. The molecule has 1 fully saturated rings. The second-order valence-corrected chi connectivity index (χ2v) is 3.56. The summed E-state index contributed by atoms with van der Waals surface area (Å²) in [6.07, 6.45) is -0.000509. The molecule has 0 aromatic heterocycles. The first kappa shape index (κ1) is 9.62. The number of halogens is 1. The zero-order valence-corrected chi connectivity index (χ0v) is 8.22. The van der Waals surface area contributed by atoms with Crippen LogP contribution in [-0.2, 0) is 4.74 Å². The third-order valence-corrected chi connectivity index (χ3v) is 2.52. The van der Waals surface area contributed by atoms with Crippen LogP contribution in [0, 0.1) is 12.7 Å². The van der Waals surface area contributed by atoms with Crippen LogP contribution < -0.4 is 5.32 Å². The average Bonchev–Trinajstić information content (AvgIpc) is 2.23. The Labute approximate surface area is 83.1 Å². The normalized spacial score (nSPS) is 22.3. The minimum absolute atomic E-state index is 0.000509. The molecule has 0 radical (unpaired) electrons. The van der Waals surface area contributed by atoms with Gasteiger partial charge in [0.2, 0.25) is 0 Å². The molecule has 14 heavy (non-hydrogen) atoms. The largest absolute Gasteiger partial charge is 0.371 e. The molecular formula is C11H14FNO. The minimum Gasteiger partial charge on any atom is -0.371 e. The van der Waals surface area contributed by atoms with Crippen LogP contribution in [0.3, 0.4) is 0 Å². The van der Waals surface area contributed by atoms with Gasteiger partial charge in [0.15, 0.2) is 0 Å². The van der Waals surface area contributed by atoms with Gasteiger partial charge in [0.05, 0.1) is 12.7 Å². The van der Waals surface area contributed by atoms with Crippen molar-refractivity contribution >= 4 is 0 Å². The Kier molecular flexibility index (Phi) is 2.79. The molecule has 2 nitrogen and oxygen atoms in total. The Morgan fingerprint density at radius 1 is 1.50 bits per heavy atom. The zero-order chi connectivity index (χ0) is 9.97. The summed E-state index contributed by atoms with van der Waals surface area (Å²) in [6.45, 7) is 4.32. The smallest absolute Gasteiger partial charge is 0.123 e. The van der Waals surface area contributed by atoms with Crippen LogP contribution in [0.5, 0.6) is 0 Å². The van der Waals surface area contributed by atoms with Crippen molar-refractivity contribution in [3.05, 3.63) is 35.1 Å². The molecule has 0 amide bonds. The van der Waals surface area contributed by atoms with Crippen LogP contribution in [0.4, 0.5) is 4.39 Å². The van der Waals surface area contributed by atoms with Gasteiger partial charge < -0.3 is 10.1 Å². The lowest BCUT2D eigenvalue weighted by Gasteiger charge is -2.25. The number of nitrogens with one attached hydrogen (secondary N) is 1. The van der Waals surface area contributed by atoms with E-state index in [1.165, 1.54) is 6.07 Å². The summed E-state index contributed by atoms with van der Waals surface area (Å²) in [5, 5.41) is 3.23. The van der Waals surface area contributed by atoms with E-state index >= 15 is 0 Å². The first-order valence-electron chi connectivity index (χ1n) is 4.86. The van der Waals surface area contributed by atoms with Gasteiger partial charge in [-0.2, -0.15) is 0 Å². The van der Waals surface area contributed by atoms with Gasteiger partial charge in [-0.1, -0.05) is 6.07 Å². The fraction of sp³-hybridized carbons (Fsp3) is 0.455. The van der Waals surface area contributed by atoms with Gasteiger partial charge in [0, 0.05) is 13.1 Å². The van der Waals surface area contributed by atoms with E-state index in [2.05, 4.69) is 5.32 Å². The molecule has 0 spiro atoms. The standard InChI is InChI=1S/C11H14FNO/c1-8-2-3-9(12)6-10(8)11-7-13-4-5-14-11/h2-3,6,11,13H,4-5,7H2,1H3. The molecular weight excluding hydrogens is 181 g/mol. The van der Waals surface area contributed by atoms with Crippen molar-refractivity contribution in [2.45, 2.75) is 13.0 Å². The van der Waals surface area contributed by atoms with Gasteiger partial charge in [-0.3, -0.25) is 0 Å². The van der Waals surface area contributed by atoms with Crippen molar-refractivity contribution < 1.29 is 9.13 Å². The molecule has 1 aliphatic rings. The van der Waals surface area contributed by atoms with Crippen LogP contribution in [0.15, 0.2) is 18.2 Å². The summed E-state index contributed by atoms with van der Waals surface area (Å²) >= 11 is 0. The van der Waals surface area contributed by atoms with E-state index in [0.29, 0.717) is 6.61 Å². The van der Waals surface area contributed by atoms with Crippen LogP contribution in [0.1, 0.15) is 17.2 Å². The minimum atomic E-state index is -0.195. The van der Waals surface area contributed by atoms with Gasteiger partial charge in [-0.05, 0) is 30.2 Å². The molecule has 1 unspecified atom stereocenters. The van der Waals surface area contributed by atoms with Crippen LogP contribution >= 0.6 is 0 Å². The first-order chi connectivity index (χ1) is 6.77. The van der Waals surface area contributed by atoms with Crippen molar-refractivity contribution in [3.63, 3.8) is 0 Å². The molecule has 0 saturated carbocycles. The first-order valence-corrected chi connectivity index (χ1v) is 4.86. The quantitative estimate of drug-likeness (QED) is 0.737. The number of hydrogen-bond donors (Lipinski definition) is 1. The fourth-order valence-corrected chi connectivity index (χ4v) is 1.72. The number of ether oxygens (including phenoxy) is 1. The molecule has 3 heteroatoms. The van der Waals surface area contributed by atoms with Crippen LogP contribution in [-0.4, -0.2) is 19.7 Å². The Morgan fingerprint density at radius 2 is 2.36 bits per heavy atom. The summed E-state index contributed by atoms with van der Waals surface area (Å²) < 4.78 is 18.6. The predicted octanol–water partition coefficient (Wildman–Crippen LogP) is 1.80. The van der Waals surface area contributed by atoms with E-state index in [1.54, 1.807) is 12.1 Å². The summed E-state index contributed by atoms with van der Waals surface area (Å²) in [6, 6.07) is 4.84. The molecule has 76 valence electrons. The monoisotopic (exact) mass is 195 g/mol. The van der Waals surface area contributed by atoms with Crippen molar-refractivity contribution in [3.8, 4) is 0 Å². The van der Waals surface area contributed by atoms with Gasteiger partial charge in [0.25, 0.3) is 0 Å². The van der Waals surface area contributed by atoms with Crippen molar-refractivity contribution in [2.75, 3.05) is 19.7 Å². The van der Waals surface area contributed by atoms with Gasteiger partial charge in [0.1, 0.15) is 5.82 Å². The van der Waals surface area contributed by atoms with Crippen molar-refractivity contribution in [2.24, 2.45) is 0 Å². The second-order valence-electron chi connectivity index (χ2n) is 3.56. The Morgan fingerprint density at radius 3 is 3.07 bits per heavy atom. The SMILES string of the molecule is Cc1ccc(F)cc1C1CNCCO1. The molecule has 1 aromatic rings. The molecule has 0 aliphatic carbocycles. The predicted molar refractivity (Wildman–Crippen MR) is 52.7 cm³/mol.